The Balaban J connectivity index is 2.60. The maximum absolute atomic E-state index is 11.8. The average Bonchev–Trinajstić information content (AvgIpc) is 2.36. The van der Waals surface area contributed by atoms with Gasteiger partial charge in [0.2, 0.25) is 0 Å². The minimum Gasteiger partial charge on any atom is -0.497 e. The fourth-order valence-electron chi connectivity index (χ4n) is 1.71. The van der Waals surface area contributed by atoms with Crippen molar-refractivity contribution in [1.29, 1.82) is 0 Å². The molecule has 112 valence electrons. The van der Waals surface area contributed by atoms with E-state index in [1.807, 2.05) is 0 Å². The molecule has 0 aliphatic carbocycles. The molecule has 0 saturated heterocycles. The number of alkyl halides is 3. The number of rotatable bonds is 7. The number of hydrogen-bond acceptors (Lipinski definition) is 3. The minimum atomic E-state index is -4.74. The predicted molar refractivity (Wildman–Crippen MR) is 64.4 cm³/mol. The van der Waals surface area contributed by atoms with Crippen LogP contribution in [0.5, 0.6) is 5.75 Å². The fourth-order valence-corrected chi connectivity index (χ4v) is 1.71. The Hall–Kier alpha value is -1.76. The summed E-state index contributed by atoms with van der Waals surface area (Å²) in [5.41, 5.74) is 0.684. The summed E-state index contributed by atoms with van der Waals surface area (Å²) < 4.78 is 44.1. The lowest BCUT2D eigenvalue weighted by Crippen LogP contribution is -2.21. The molecule has 20 heavy (non-hydrogen) atoms. The van der Waals surface area contributed by atoms with Crippen LogP contribution in [0.1, 0.15) is 12.0 Å². The number of carboxylic acid groups (broad SMARTS) is 1. The van der Waals surface area contributed by atoms with Gasteiger partial charge in [0.05, 0.1) is 19.6 Å². The van der Waals surface area contributed by atoms with Crippen LogP contribution >= 0.6 is 0 Å². The normalized spacial score (nSPS) is 13.0. The monoisotopic (exact) mass is 292 g/mol. The lowest BCUT2D eigenvalue weighted by Gasteiger charge is -2.14. The molecule has 0 heterocycles. The van der Waals surface area contributed by atoms with Gasteiger partial charge in [-0.3, -0.25) is 9.53 Å². The van der Waals surface area contributed by atoms with E-state index in [0.29, 0.717) is 11.3 Å². The van der Waals surface area contributed by atoms with Gasteiger partial charge in [-0.1, -0.05) is 12.1 Å². The van der Waals surface area contributed by atoms with E-state index in [0.717, 1.165) is 0 Å². The Morgan fingerprint density at radius 1 is 1.40 bits per heavy atom. The van der Waals surface area contributed by atoms with Gasteiger partial charge < -0.3 is 9.84 Å². The third-order valence-corrected chi connectivity index (χ3v) is 2.70. The molecule has 0 aliphatic heterocycles. The Morgan fingerprint density at radius 3 is 2.65 bits per heavy atom. The van der Waals surface area contributed by atoms with E-state index in [1.54, 1.807) is 24.3 Å². The van der Waals surface area contributed by atoms with Crippen molar-refractivity contribution < 1.29 is 32.5 Å². The second-order valence-corrected chi connectivity index (χ2v) is 4.17. The molecule has 1 N–H and O–H groups in total. The van der Waals surface area contributed by atoms with E-state index in [9.17, 15) is 18.0 Å². The quantitative estimate of drug-likeness (QED) is 0.839. The second kappa shape index (κ2) is 7.14. The average molecular weight is 292 g/mol. The number of aliphatic carboxylic acids is 1. The molecule has 0 aliphatic rings. The number of methoxy groups -OCH3 is 1. The van der Waals surface area contributed by atoms with E-state index in [1.165, 1.54) is 7.11 Å². The van der Waals surface area contributed by atoms with Gasteiger partial charge in [0.1, 0.15) is 5.75 Å². The molecular formula is C13H15F3O4. The van der Waals surface area contributed by atoms with Crippen molar-refractivity contribution in [2.45, 2.75) is 19.2 Å². The first kappa shape index (κ1) is 16.3. The Bertz CT molecular complexity index is 445. The van der Waals surface area contributed by atoms with Gasteiger partial charge in [0.25, 0.3) is 0 Å². The van der Waals surface area contributed by atoms with E-state index in [4.69, 9.17) is 9.84 Å². The highest BCUT2D eigenvalue weighted by molar-refractivity contribution is 5.70. The molecule has 1 aromatic carbocycles. The van der Waals surface area contributed by atoms with Crippen molar-refractivity contribution in [3.63, 3.8) is 0 Å². The minimum absolute atomic E-state index is 0.119. The zero-order chi connectivity index (χ0) is 15.2. The Labute approximate surface area is 114 Å². The molecule has 1 rings (SSSR count). The zero-order valence-corrected chi connectivity index (χ0v) is 10.8. The number of carboxylic acids is 1. The third kappa shape index (κ3) is 5.92. The molecule has 7 heteroatoms. The predicted octanol–water partition coefficient (Wildman–Crippen LogP) is 2.87. The molecule has 0 amide bonds. The highest BCUT2D eigenvalue weighted by Crippen LogP contribution is 2.21. The van der Waals surface area contributed by atoms with Crippen molar-refractivity contribution in [1.82, 2.24) is 0 Å². The van der Waals surface area contributed by atoms with Crippen LogP contribution in [0.25, 0.3) is 0 Å². The van der Waals surface area contributed by atoms with Crippen molar-refractivity contribution >= 4 is 5.97 Å². The van der Waals surface area contributed by atoms with Crippen LogP contribution in [0, 0.1) is 5.92 Å². The molecule has 1 unspecified atom stereocenters. The summed E-state index contributed by atoms with van der Waals surface area (Å²) in [6.45, 7) is -0.676. The molecule has 0 radical (unpaired) electrons. The van der Waals surface area contributed by atoms with Crippen LogP contribution in [0.2, 0.25) is 0 Å². The van der Waals surface area contributed by atoms with Gasteiger partial charge >= 0.3 is 12.3 Å². The summed E-state index contributed by atoms with van der Waals surface area (Å²) in [5.74, 6) is -1.53. The topological polar surface area (TPSA) is 55.8 Å². The summed E-state index contributed by atoms with van der Waals surface area (Å²) in [5, 5.41) is 9.02. The smallest absolute Gasteiger partial charge is 0.497 e. The van der Waals surface area contributed by atoms with Crippen LogP contribution < -0.4 is 4.74 Å². The Kier molecular flexibility index (Phi) is 5.82. The van der Waals surface area contributed by atoms with Gasteiger partial charge in [0, 0.05) is 0 Å². The first-order chi connectivity index (χ1) is 9.31. The molecule has 0 aromatic heterocycles. The molecular weight excluding hydrogens is 277 g/mol. The maximum Gasteiger partial charge on any atom is 0.522 e. The fraction of sp³-hybridized carbons (Fsp3) is 0.462. The van der Waals surface area contributed by atoms with Crippen LogP contribution in [0.15, 0.2) is 24.3 Å². The number of halogens is 3. The van der Waals surface area contributed by atoms with Gasteiger partial charge in [-0.25, -0.2) is 0 Å². The summed E-state index contributed by atoms with van der Waals surface area (Å²) in [4.78, 5) is 11.0. The van der Waals surface area contributed by atoms with Crippen LogP contribution in [0.3, 0.4) is 0 Å². The molecule has 1 atom stereocenters. The summed E-state index contributed by atoms with van der Waals surface area (Å²) in [7, 11) is 1.48. The van der Waals surface area contributed by atoms with E-state index in [2.05, 4.69) is 4.74 Å². The summed E-state index contributed by atoms with van der Waals surface area (Å²) in [6.07, 6.45) is -4.83. The van der Waals surface area contributed by atoms with Crippen molar-refractivity contribution in [3.8, 4) is 5.75 Å². The van der Waals surface area contributed by atoms with Crippen LogP contribution in [-0.2, 0) is 16.0 Å². The van der Waals surface area contributed by atoms with E-state index < -0.39 is 24.9 Å². The molecule has 0 bridgehead atoms. The zero-order valence-electron chi connectivity index (χ0n) is 10.8. The van der Waals surface area contributed by atoms with Crippen molar-refractivity contribution in [2.75, 3.05) is 13.7 Å². The largest absolute Gasteiger partial charge is 0.522 e. The summed E-state index contributed by atoms with van der Waals surface area (Å²) >= 11 is 0. The van der Waals surface area contributed by atoms with E-state index in [-0.39, 0.29) is 12.8 Å². The lowest BCUT2D eigenvalue weighted by atomic mass is 9.96. The SMILES string of the molecule is COc1cccc(CC(CCOC(F)(F)F)C(=O)O)c1. The van der Waals surface area contributed by atoms with Gasteiger partial charge in [-0.05, 0) is 30.5 Å². The second-order valence-electron chi connectivity index (χ2n) is 4.17. The molecule has 0 fully saturated rings. The number of carbonyl (C=O) groups is 1. The third-order valence-electron chi connectivity index (χ3n) is 2.70. The van der Waals surface area contributed by atoms with Gasteiger partial charge in [-0.15, -0.1) is 13.2 Å². The summed E-state index contributed by atoms with van der Waals surface area (Å²) in [6, 6.07) is 6.74. The van der Waals surface area contributed by atoms with Crippen LogP contribution in [0.4, 0.5) is 13.2 Å². The first-order valence-electron chi connectivity index (χ1n) is 5.88. The highest BCUT2D eigenvalue weighted by Gasteiger charge is 2.30. The molecule has 0 spiro atoms. The maximum atomic E-state index is 11.8. The number of ether oxygens (including phenoxy) is 2. The van der Waals surface area contributed by atoms with E-state index >= 15 is 0 Å². The molecule has 1 aromatic rings. The lowest BCUT2D eigenvalue weighted by molar-refractivity contribution is -0.325. The first-order valence-corrected chi connectivity index (χ1v) is 5.88. The van der Waals surface area contributed by atoms with Gasteiger partial charge in [-0.2, -0.15) is 0 Å². The number of hydrogen-bond donors (Lipinski definition) is 1. The highest BCUT2D eigenvalue weighted by atomic mass is 19.4. The van der Waals surface area contributed by atoms with Gasteiger partial charge in [0.15, 0.2) is 0 Å². The Morgan fingerprint density at radius 2 is 2.10 bits per heavy atom. The van der Waals surface area contributed by atoms with Crippen molar-refractivity contribution in [3.05, 3.63) is 29.8 Å². The molecule has 0 saturated carbocycles. The molecule has 4 nitrogen and oxygen atoms in total. The van der Waals surface area contributed by atoms with Crippen LogP contribution in [-0.4, -0.2) is 31.2 Å². The number of benzene rings is 1. The standard InChI is InChI=1S/C13H15F3O4/c1-19-11-4-2-3-9(8-11)7-10(12(17)18)5-6-20-13(14,15)16/h2-4,8,10H,5-7H2,1H3,(H,17,18). The van der Waals surface area contributed by atoms with Crippen molar-refractivity contribution in [2.24, 2.45) is 5.92 Å².